The van der Waals surface area contributed by atoms with E-state index in [1.807, 2.05) is 19.1 Å². The molecule has 3 nitrogen and oxygen atoms in total. The van der Waals surface area contributed by atoms with Crippen LogP contribution >= 0.6 is 7.37 Å². The molecule has 0 N–H and O–H groups in total. The van der Waals surface area contributed by atoms with Gasteiger partial charge < -0.3 is 9.26 Å². The molecule has 0 bridgehead atoms. The monoisotopic (exact) mass is 388 g/mol. The molecule has 0 aliphatic rings. The topological polar surface area (TPSA) is 35.5 Å². The third-order valence-corrected chi connectivity index (χ3v) is 6.29. The molecule has 0 amide bonds. The Hall–Kier alpha value is -1.57. The minimum absolute atomic E-state index is 0.106. The Morgan fingerprint density at radius 3 is 2.19 bits per heavy atom. The Balaban J connectivity index is 2.20. The molecule has 2 aromatic rings. The van der Waals surface area contributed by atoms with Gasteiger partial charge in [-0.05, 0) is 85.5 Å². The molecule has 0 aliphatic heterocycles. The smallest absolute Gasteiger partial charge is 0.236 e. The number of hydrogen-bond acceptors (Lipinski definition) is 3. The van der Waals surface area contributed by atoms with E-state index in [-0.39, 0.29) is 6.35 Å². The van der Waals surface area contributed by atoms with E-state index in [4.69, 9.17) is 9.26 Å². The van der Waals surface area contributed by atoms with Gasteiger partial charge in [0.15, 0.2) is 6.35 Å². The first-order valence-corrected chi connectivity index (χ1v) is 11.9. The highest BCUT2D eigenvalue weighted by Gasteiger charge is 2.17. The first-order chi connectivity index (χ1) is 12.6. The molecule has 0 saturated carbocycles. The van der Waals surface area contributed by atoms with Gasteiger partial charge in [-0.25, -0.2) is 0 Å². The van der Waals surface area contributed by atoms with E-state index in [9.17, 15) is 4.57 Å². The van der Waals surface area contributed by atoms with Crippen LogP contribution in [0, 0.1) is 20.8 Å². The highest BCUT2D eigenvalue weighted by molar-refractivity contribution is 7.57. The maximum Gasteiger partial charge on any atom is 0.236 e. The zero-order valence-electron chi connectivity index (χ0n) is 17.8. The van der Waals surface area contributed by atoms with Gasteiger partial charge in [-0.2, -0.15) is 0 Å². The van der Waals surface area contributed by atoms with Gasteiger partial charge >= 0.3 is 0 Å². The number of aryl methyl sites for hydroxylation is 3. The van der Waals surface area contributed by atoms with Crippen LogP contribution in [0.3, 0.4) is 0 Å². The van der Waals surface area contributed by atoms with E-state index < -0.39 is 7.37 Å². The summed E-state index contributed by atoms with van der Waals surface area (Å²) in [6.07, 6.45) is 1.01. The van der Waals surface area contributed by atoms with Crippen LogP contribution in [0.5, 0.6) is 5.75 Å². The summed E-state index contributed by atoms with van der Waals surface area (Å²) in [5, 5.41) is 0. The molecule has 0 fully saturated rings. The second kappa shape index (κ2) is 9.08. The van der Waals surface area contributed by atoms with E-state index in [0.29, 0.717) is 12.5 Å². The third-order valence-electron chi connectivity index (χ3n) is 4.88. The van der Waals surface area contributed by atoms with E-state index in [1.54, 1.807) is 6.66 Å². The Labute approximate surface area is 164 Å². The van der Waals surface area contributed by atoms with Crippen molar-refractivity contribution in [2.45, 2.75) is 53.9 Å². The molecular formula is C23H33O3P. The summed E-state index contributed by atoms with van der Waals surface area (Å²) in [7, 11) is -2.70. The summed E-state index contributed by atoms with van der Waals surface area (Å²) in [6.45, 7) is 14.8. The van der Waals surface area contributed by atoms with Crippen molar-refractivity contribution >= 4 is 7.37 Å². The second-order valence-electron chi connectivity index (χ2n) is 7.76. The van der Waals surface area contributed by atoms with E-state index in [2.05, 4.69) is 52.8 Å². The first-order valence-electron chi connectivity index (χ1n) is 9.66. The van der Waals surface area contributed by atoms with Crippen LogP contribution in [0.2, 0.25) is 0 Å². The molecule has 2 aromatic carbocycles. The summed E-state index contributed by atoms with van der Waals surface area (Å²) in [4.78, 5) is 0. The van der Waals surface area contributed by atoms with Crippen LogP contribution in [0.25, 0.3) is 0 Å². The Morgan fingerprint density at radius 2 is 1.63 bits per heavy atom. The average Bonchev–Trinajstić information content (AvgIpc) is 2.57. The summed E-state index contributed by atoms with van der Waals surface area (Å²) in [5.74, 6) is 1.28. The van der Waals surface area contributed by atoms with Crippen LogP contribution in [0.1, 0.15) is 60.1 Å². The Kier molecular flexibility index (Phi) is 7.31. The van der Waals surface area contributed by atoms with Crippen LogP contribution in [0.4, 0.5) is 0 Å². The van der Waals surface area contributed by atoms with Gasteiger partial charge in [0.2, 0.25) is 7.37 Å². The van der Waals surface area contributed by atoms with Gasteiger partial charge in [0, 0.05) is 6.66 Å². The fourth-order valence-corrected chi connectivity index (χ4v) is 4.45. The molecule has 2 rings (SSSR count). The van der Waals surface area contributed by atoms with E-state index >= 15 is 0 Å². The van der Waals surface area contributed by atoms with Crippen molar-refractivity contribution in [3.05, 3.63) is 63.7 Å². The summed E-state index contributed by atoms with van der Waals surface area (Å²) >= 11 is 0. The molecule has 1 atom stereocenters. The van der Waals surface area contributed by atoms with Gasteiger partial charge in [0.05, 0.1) is 6.61 Å². The number of rotatable bonds is 8. The maximum absolute atomic E-state index is 12.2. The normalized spacial score (nSPS) is 13.6. The van der Waals surface area contributed by atoms with Crippen LogP contribution in [-0.2, 0) is 15.5 Å². The third kappa shape index (κ3) is 5.96. The SMILES string of the molecule is CCOP(C)(=O)COc1cc(C)c(Cc2ccc(C)c(C(C)C)c2)c(C)c1. The molecule has 0 aromatic heterocycles. The highest BCUT2D eigenvalue weighted by atomic mass is 31.2. The van der Waals surface area contributed by atoms with E-state index in [0.717, 1.165) is 12.2 Å². The molecule has 4 heteroatoms. The lowest BCUT2D eigenvalue weighted by molar-refractivity contribution is 0.297. The number of hydrogen-bond donors (Lipinski definition) is 0. The van der Waals surface area contributed by atoms with Crippen molar-refractivity contribution in [1.82, 2.24) is 0 Å². The first kappa shape index (κ1) is 21.7. The molecule has 148 valence electrons. The Bertz CT molecular complexity index is 817. The zero-order valence-corrected chi connectivity index (χ0v) is 18.7. The second-order valence-corrected chi connectivity index (χ2v) is 10.3. The molecule has 1 unspecified atom stereocenters. The minimum atomic E-state index is -2.70. The minimum Gasteiger partial charge on any atom is -0.484 e. The standard InChI is InChI=1S/C23H33O3P/c1-8-26-27(7,24)15-25-21-11-18(5)23(19(6)12-21)14-20-10-9-17(4)22(13-20)16(2)3/h9-13,16H,8,14-15H2,1-7H3. The van der Waals surface area contributed by atoms with Crippen molar-refractivity contribution in [2.24, 2.45) is 0 Å². The van der Waals surface area contributed by atoms with Crippen LogP contribution in [-0.4, -0.2) is 19.6 Å². The van der Waals surface area contributed by atoms with Crippen LogP contribution < -0.4 is 4.74 Å². The lowest BCUT2D eigenvalue weighted by Crippen LogP contribution is -2.03. The molecule has 0 saturated heterocycles. The molecule has 27 heavy (non-hydrogen) atoms. The molecular weight excluding hydrogens is 355 g/mol. The van der Waals surface area contributed by atoms with Crippen molar-refractivity contribution in [1.29, 1.82) is 0 Å². The lowest BCUT2D eigenvalue weighted by atomic mass is 9.91. The van der Waals surface area contributed by atoms with Gasteiger partial charge in [-0.3, -0.25) is 4.57 Å². The van der Waals surface area contributed by atoms with Crippen molar-refractivity contribution in [2.75, 3.05) is 19.6 Å². The number of ether oxygens (including phenoxy) is 1. The molecule has 0 heterocycles. The van der Waals surface area contributed by atoms with Crippen molar-refractivity contribution in [3.8, 4) is 5.75 Å². The maximum atomic E-state index is 12.2. The highest BCUT2D eigenvalue weighted by Crippen LogP contribution is 2.42. The summed E-state index contributed by atoms with van der Waals surface area (Å²) in [6, 6.07) is 10.8. The largest absolute Gasteiger partial charge is 0.484 e. The fourth-order valence-electron chi connectivity index (χ4n) is 3.44. The van der Waals surface area contributed by atoms with Crippen molar-refractivity contribution in [3.63, 3.8) is 0 Å². The van der Waals surface area contributed by atoms with E-state index in [1.165, 1.54) is 33.4 Å². The molecule has 0 spiro atoms. The average molecular weight is 388 g/mol. The predicted molar refractivity (Wildman–Crippen MR) is 115 cm³/mol. The summed E-state index contributed by atoms with van der Waals surface area (Å²) in [5.41, 5.74) is 7.81. The Morgan fingerprint density at radius 1 is 1.00 bits per heavy atom. The van der Waals surface area contributed by atoms with Crippen molar-refractivity contribution < 1.29 is 13.8 Å². The summed E-state index contributed by atoms with van der Waals surface area (Å²) < 4.78 is 23.3. The quantitative estimate of drug-likeness (QED) is 0.478. The molecule has 0 aliphatic carbocycles. The lowest BCUT2D eigenvalue weighted by Gasteiger charge is -2.17. The van der Waals surface area contributed by atoms with Crippen LogP contribution in [0.15, 0.2) is 30.3 Å². The van der Waals surface area contributed by atoms with Gasteiger partial charge in [0.25, 0.3) is 0 Å². The fraction of sp³-hybridized carbons (Fsp3) is 0.478. The zero-order chi connectivity index (χ0) is 20.2. The van der Waals surface area contributed by atoms with Gasteiger partial charge in [-0.15, -0.1) is 0 Å². The molecule has 0 radical (unpaired) electrons. The number of benzene rings is 2. The van der Waals surface area contributed by atoms with Gasteiger partial charge in [0.1, 0.15) is 5.75 Å². The predicted octanol–water partition coefficient (Wildman–Crippen LogP) is 6.61. The van der Waals surface area contributed by atoms with Gasteiger partial charge in [-0.1, -0.05) is 32.0 Å².